The van der Waals surface area contributed by atoms with Gasteiger partial charge in [-0.05, 0) is 33.0 Å². The van der Waals surface area contributed by atoms with E-state index in [0.29, 0.717) is 18.6 Å². The molecule has 2 N–H and O–H groups in total. The van der Waals surface area contributed by atoms with Crippen LogP contribution in [-0.2, 0) is 13.1 Å². The van der Waals surface area contributed by atoms with E-state index in [0.717, 1.165) is 19.6 Å². The van der Waals surface area contributed by atoms with Gasteiger partial charge in [0.05, 0.1) is 0 Å². The maximum atomic E-state index is 5.65. The van der Waals surface area contributed by atoms with Gasteiger partial charge in [-0.2, -0.15) is 0 Å². The first-order valence-electron chi connectivity index (χ1n) is 6.32. The van der Waals surface area contributed by atoms with Crippen molar-refractivity contribution in [3.8, 4) is 0 Å². The van der Waals surface area contributed by atoms with Crippen LogP contribution in [0.4, 0.5) is 0 Å². The first-order chi connectivity index (χ1) is 8.10. The van der Waals surface area contributed by atoms with E-state index < -0.39 is 0 Å². The fraction of sp³-hybridized carbons (Fsp3) is 0.692. The molecule has 3 nitrogen and oxygen atoms in total. The molecule has 1 fully saturated rings. The van der Waals surface area contributed by atoms with Crippen molar-refractivity contribution < 1.29 is 0 Å². The van der Waals surface area contributed by atoms with Crippen molar-refractivity contribution in [2.24, 2.45) is 5.73 Å². The highest BCUT2D eigenvalue weighted by Crippen LogP contribution is 2.21. The number of hydrogen-bond donors (Lipinski definition) is 1. The molecule has 2 atom stereocenters. The predicted molar refractivity (Wildman–Crippen MR) is 74.2 cm³/mol. The summed E-state index contributed by atoms with van der Waals surface area (Å²) in [5.74, 6) is 0. The van der Waals surface area contributed by atoms with Gasteiger partial charge in [0.25, 0.3) is 0 Å². The third-order valence-electron chi connectivity index (χ3n) is 3.73. The van der Waals surface area contributed by atoms with Gasteiger partial charge < -0.3 is 5.73 Å². The molecule has 0 aliphatic carbocycles. The molecular weight excluding hydrogens is 230 g/mol. The normalized spacial score (nSPS) is 27.5. The smallest absolute Gasteiger partial charge is 0.0329 e. The Kier molecular flexibility index (Phi) is 4.20. The minimum absolute atomic E-state index is 0.646. The van der Waals surface area contributed by atoms with Crippen molar-refractivity contribution in [2.45, 2.75) is 39.0 Å². The van der Waals surface area contributed by atoms with E-state index in [4.69, 9.17) is 5.73 Å². The third-order valence-corrected chi connectivity index (χ3v) is 4.83. The summed E-state index contributed by atoms with van der Waals surface area (Å²) in [6, 6.07) is 5.67. The summed E-state index contributed by atoms with van der Waals surface area (Å²) in [5, 5.41) is 0. The molecule has 4 heteroatoms. The molecule has 1 aromatic heterocycles. The van der Waals surface area contributed by atoms with Crippen LogP contribution in [0.25, 0.3) is 0 Å². The highest BCUT2D eigenvalue weighted by molar-refractivity contribution is 7.11. The Morgan fingerprint density at radius 1 is 1.24 bits per heavy atom. The molecule has 0 aromatic carbocycles. The van der Waals surface area contributed by atoms with Crippen molar-refractivity contribution in [3.05, 3.63) is 21.9 Å². The van der Waals surface area contributed by atoms with E-state index in [1.54, 1.807) is 0 Å². The molecule has 0 radical (unpaired) electrons. The topological polar surface area (TPSA) is 32.5 Å². The first kappa shape index (κ1) is 13.0. The van der Waals surface area contributed by atoms with Gasteiger partial charge in [0.2, 0.25) is 0 Å². The number of nitrogens with two attached hydrogens (primary N) is 1. The van der Waals surface area contributed by atoms with E-state index in [1.165, 1.54) is 9.75 Å². The van der Waals surface area contributed by atoms with E-state index in [-0.39, 0.29) is 0 Å². The first-order valence-corrected chi connectivity index (χ1v) is 7.13. The van der Waals surface area contributed by atoms with Gasteiger partial charge in [-0.1, -0.05) is 0 Å². The van der Waals surface area contributed by atoms with Crippen molar-refractivity contribution in [1.82, 2.24) is 9.80 Å². The number of nitrogens with zero attached hydrogens (tertiary/aromatic N) is 2. The molecule has 1 aromatic rings. The molecule has 1 aliphatic heterocycles. The number of piperazine rings is 1. The summed E-state index contributed by atoms with van der Waals surface area (Å²) in [7, 11) is 2.23. The van der Waals surface area contributed by atoms with Crippen molar-refractivity contribution >= 4 is 11.3 Å². The summed E-state index contributed by atoms with van der Waals surface area (Å²) in [4.78, 5) is 7.75. The number of thiophene rings is 1. The number of hydrogen-bond acceptors (Lipinski definition) is 4. The molecule has 0 bridgehead atoms. The Hall–Kier alpha value is -0.420. The lowest BCUT2D eigenvalue weighted by atomic mass is 10.1. The van der Waals surface area contributed by atoms with Gasteiger partial charge in [0, 0.05) is 48.0 Å². The zero-order valence-electron chi connectivity index (χ0n) is 11.0. The Bertz CT molecular complexity index is 351. The summed E-state index contributed by atoms with van der Waals surface area (Å²) in [6.07, 6.45) is 0. The molecule has 0 spiro atoms. The van der Waals surface area contributed by atoms with Gasteiger partial charge >= 0.3 is 0 Å². The number of likely N-dealkylation sites (N-methyl/N-ethyl adjacent to an activating group) is 1. The summed E-state index contributed by atoms with van der Waals surface area (Å²) < 4.78 is 0. The van der Waals surface area contributed by atoms with Crippen molar-refractivity contribution in [2.75, 3.05) is 20.1 Å². The largest absolute Gasteiger partial charge is 0.326 e. The summed E-state index contributed by atoms with van der Waals surface area (Å²) in [6.45, 7) is 8.69. The van der Waals surface area contributed by atoms with Crippen LogP contribution in [0.1, 0.15) is 23.6 Å². The molecule has 96 valence electrons. The predicted octanol–water partition coefficient (Wildman–Crippen LogP) is 1.73. The summed E-state index contributed by atoms with van der Waals surface area (Å²) in [5.41, 5.74) is 5.65. The minimum atomic E-state index is 0.646. The second kappa shape index (κ2) is 5.48. The summed E-state index contributed by atoms with van der Waals surface area (Å²) >= 11 is 1.85. The maximum Gasteiger partial charge on any atom is 0.0329 e. The Labute approximate surface area is 108 Å². The van der Waals surface area contributed by atoms with Crippen LogP contribution in [0.2, 0.25) is 0 Å². The lowest BCUT2D eigenvalue weighted by molar-refractivity contribution is 0.0562. The molecule has 1 aliphatic rings. The molecule has 0 amide bonds. The highest BCUT2D eigenvalue weighted by Gasteiger charge is 2.26. The van der Waals surface area contributed by atoms with Gasteiger partial charge in [-0.25, -0.2) is 0 Å². The molecule has 17 heavy (non-hydrogen) atoms. The van der Waals surface area contributed by atoms with Crippen LogP contribution in [0, 0.1) is 0 Å². The van der Waals surface area contributed by atoms with E-state index in [2.05, 4.69) is 42.8 Å². The monoisotopic (exact) mass is 253 g/mol. The van der Waals surface area contributed by atoms with E-state index >= 15 is 0 Å². The van der Waals surface area contributed by atoms with Gasteiger partial charge in [0.1, 0.15) is 0 Å². The zero-order valence-corrected chi connectivity index (χ0v) is 11.8. The standard InChI is InChI=1S/C13H23N3S/c1-10-7-16(8-11(2)15(10)3)9-13-5-4-12(6-14)17-13/h4-5,10-11H,6-9,14H2,1-3H3. The zero-order chi connectivity index (χ0) is 12.4. The van der Waals surface area contributed by atoms with E-state index in [9.17, 15) is 0 Å². The molecule has 0 saturated carbocycles. The molecule has 2 unspecified atom stereocenters. The lowest BCUT2D eigenvalue weighted by Gasteiger charge is -2.42. The van der Waals surface area contributed by atoms with Gasteiger partial charge in [0.15, 0.2) is 0 Å². The maximum absolute atomic E-state index is 5.65. The quantitative estimate of drug-likeness (QED) is 0.890. The average molecular weight is 253 g/mol. The number of rotatable bonds is 3. The van der Waals surface area contributed by atoms with Crippen LogP contribution in [-0.4, -0.2) is 42.0 Å². The fourth-order valence-corrected chi connectivity index (χ4v) is 3.42. The molecular formula is C13H23N3S. The molecule has 1 saturated heterocycles. The average Bonchev–Trinajstić information content (AvgIpc) is 2.73. The van der Waals surface area contributed by atoms with Crippen LogP contribution in [0.15, 0.2) is 12.1 Å². The second-order valence-corrected chi connectivity index (χ2v) is 6.38. The lowest BCUT2D eigenvalue weighted by Crippen LogP contribution is -2.54. The fourth-order valence-electron chi connectivity index (χ4n) is 2.48. The van der Waals surface area contributed by atoms with Crippen LogP contribution in [0.3, 0.4) is 0 Å². The van der Waals surface area contributed by atoms with Gasteiger partial charge in [-0.3, -0.25) is 9.80 Å². The molecule has 2 rings (SSSR count). The van der Waals surface area contributed by atoms with E-state index in [1.807, 2.05) is 11.3 Å². The van der Waals surface area contributed by atoms with Gasteiger partial charge in [-0.15, -0.1) is 11.3 Å². The highest BCUT2D eigenvalue weighted by atomic mass is 32.1. The van der Waals surface area contributed by atoms with Crippen LogP contribution in [0.5, 0.6) is 0 Å². The van der Waals surface area contributed by atoms with Crippen LogP contribution < -0.4 is 5.73 Å². The second-order valence-electron chi connectivity index (χ2n) is 5.13. The van der Waals surface area contributed by atoms with Crippen molar-refractivity contribution in [3.63, 3.8) is 0 Å². The Morgan fingerprint density at radius 2 is 1.82 bits per heavy atom. The third kappa shape index (κ3) is 3.07. The Balaban J connectivity index is 1.95. The minimum Gasteiger partial charge on any atom is -0.326 e. The molecule has 2 heterocycles. The van der Waals surface area contributed by atoms with Crippen molar-refractivity contribution in [1.29, 1.82) is 0 Å². The Morgan fingerprint density at radius 3 is 2.35 bits per heavy atom. The SMILES string of the molecule is CC1CN(Cc2ccc(CN)s2)CC(C)N1C. The van der Waals surface area contributed by atoms with Crippen LogP contribution >= 0.6 is 11.3 Å².